The third kappa shape index (κ3) is 9.71. The first-order chi connectivity index (χ1) is 0. The minimum atomic E-state index is 0. The molecule has 1 unspecified atom stereocenters. The summed E-state index contributed by atoms with van der Waals surface area (Å²) in [5.41, 5.74) is 0. The van der Waals surface area contributed by atoms with Gasteiger partial charge in [0.25, 0.3) is 0 Å². The predicted octanol–water partition coefficient (Wildman–Crippen LogP) is -5.94. The fourth-order valence-corrected chi connectivity index (χ4v) is 0. The second-order valence-electron chi connectivity index (χ2n) is 0. The van der Waals surface area contributed by atoms with Gasteiger partial charge >= 0.3 is 16.5 Å². The van der Waals surface area contributed by atoms with Crippen molar-refractivity contribution in [3.05, 3.63) is 0 Å². The smallest absolute Gasteiger partial charge is 1.00 e. The Morgan fingerprint density at radius 1 is 0.750 bits per heavy atom. The van der Waals surface area contributed by atoms with Crippen LogP contribution in [0.4, 0.5) is 0 Å². The molecule has 0 aromatic carbocycles. The second-order valence-corrected chi connectivity index (χ2v) is 0. The molecule has 0 saturated carbocycles. The summed E-state index contributed by atoms with van der Waals surface area (Å²) in [5, 5.41) is 0. The van der Waals surface area contributed by atoms with Gasteiger partial charge in [-0.05, 0) is 0 Å². The van der Waals surface area contributed by atoms with Crippen LogP contribution in [0.2, 0.25) is 0 Å². The quantitative estimate of drug-likeness (QED) is 0.247. The maximum Gasteiger partial charge on any atom is 2.00 e. The third-order valence-corrected chi connectivity index (χ3v) is 0. The predicted molar refractivity (Wildman–Crippen MR) is 11.1 cm³/mol. The van der Waals surface area contributed by atoms with Crippen LogP contribution in [-0.2, 0) is 16.5 Å². The Hall–Kier alpha value is 1.50. The van der Waals surface area contributed by atoms with Crippen molar-refractivity contribution in [1.29, 1.82) is 0 Å². The van der Waals surface area contributed by atoms with Crippen LogP contribution in [0.1, 0.15) is 0 Å². The van der Waals surface area contributed by atoms with Gasteiger partial charge in [0.2, 0.25) is 0 Å². The average Bonchev–Trinajstić information content (AvgIpc) is 0. The molecule has 0 aliphatic carbocycles. The first-order valence-corrected chi connectivity index (χ1v) is 0. The Morgan fingerprint density at radius 2 is 0.750 bits per heavy atom. The van der Waals surface area contributed by atoms with E-state index >= 15 is 0 Å². The average molecular weight is 164 g/mol. The van der Waals surface area contributed by atoms with Gasteiger partial charge in [0.05, 0.1) is 0 Å². The Kier molecular flexibility index (Phi) is 302. The summed E-state index contributed by atoms with van der Waals surface area (Å²) >= 11 is 0. The molecule has 0 fully saturated rings. The van der Waals surface area contributed by atoms with Crippen LogP contribution in [0.3, 0.4) is 0 Å². The van der Waals surface area contributed by atoms with E-state index in [0.29, 0.717) is 0 Å². The van der Waals surface area contributed by atoms with E-state index in [0.717, 1.165) is 0 Å². The summed E-state index contributed by atoms with van der Waals surface area (Å²) in [5.74, 6) is 0. The molecular weight excluding hydrogens is 161 g/mol. The van der Waals surface area contributed by atoms with Gasteiger partial charge in [-0.2, -0.15) is 9.90 Å². The SMILES string of the molecule is P.[Cl-].[Cl-].[Ni+2]. The summed E-state index contributed by atoms with van der Waals surface area (Å²) in [4.78, 5) is 0. The Bertz CT molecular complexity index is 6.00. The van der Waals surface area contributed by atoms with E-state index in [1.165, 1.54) is 0 Å². The van der Waals surface area contributed by atoms with Crippen molar-refractivity contribution >= 4 is 9.90 Å². The molecular formula is H3Cl2NiP. The fraction of sp³-hybridized carbons (Fsp3) is 0. The molecule has 0 heterocycles. The first-order valence-electron chi connectivity index (χ1n) is 0. The van der Waals surface area contributed by atoms with Crippen molar-refractivity contribution in [2.45, 2.75) is 0 Å². The molecule has 0 N–H and O–H groups in total. The van der Waals surface area contributed by atoms with Crippen LogP contribution in [0.25, 0.3) is 0 Å². The van der Waals surface area contributed by atoms with Crippen molar-refractivity contribution in [2.24, 2.45) is 0 Å². The molecule has 0 spiro atoms. The first kappa shape index (κ1) is 49.4. The minimum Gasteiger partial charge on any atom is -1.00 e. The summed E-state index contributed by atoms with van der Waals surface area (Å²) < 4.78 is 0. The van der Waals surface area contributed by atoms with Crippen molar-refractivity contribution in [3.8, 4) is 0 Å². The van der Waals surface area contributed by atoms with Crippen LogP contribution < -0.4 is 24.8 Å². The number of hydrogen-bond acceptors (Lipinski definition) is 0. The van der Waals surface area contributed by atoms with Crippen molar-refractivity contribution in [2.75, 3.05) is 0 Å². The van der Waals surface area contributed by atoms with Crippen LogP contribution in [0, 0.1) is 0 Å². The van der Waals surface area contributed by atoms with Crippen LogP contribution in [0.5, 0.6) is 0 Å². The summed E-state index contributed by atoms with van der Waals surface area (Å²) in [6, 6.07) is 0. The molecule has 0 saturated heterocycles. The molecule has 0 radical (unpaired) electrons. The van der Waals surface area contributed by atoms with Gasteiger partial charge in [0.15, 0.2) is 0 Å². The number of halogens is 2. The molecule has 0 aromatic heterocycles. The molecule has 1 atom stereocenters. The number of hydrogen-bond donors (Lipinski definition) is 0. The topological polar surface area (TPSA) is 0 Å². The van der Waals surface area contributed by atoms with E-state index in [9.17, 15) is 0 Å². The fourth-order valence-electron chi connectivity index (χ4n) is 0. The van der Waals surface area contributed by atoms with Gasteiger partial charge in [0.1, 0.15) is 0 Å². The summed E-state index contributed by atoms with van der Waals surface area (Å²) in [6.07, 6.45) is 0. The molecule has 0 rings (SSSR count). The Labute approximate surface area is 51.5 Å². The molecule has 4 heavy (non-hydrogen) atoms. The van der Waals surface area contributed by atoms with E-state index in [1.807, 2.05) is 0 Å². The summed E-state index contributed by atoms with van der Waals surface area (Å²) in [7, 11) is 0. The monoisotopic (exact) mass is 162 g/mol. The molecule has 0 amide bonds. The molecule has 0 aromatic rings. The third-order valence-electron chi connectivity index (χ3n) is 0. The van der Waals surface area contributed by atoms with Gasteiger partial charge < -0.3 is 24.8 Å². The van der Waals surface area contributed by atoms with Gasteiger partial charge in [-0.25, -0.2) is 0 Å². The van der Waals surface area contributed by atoms with Crippen molar-refractivity contribution in [1.82, 2.24) is 0 Å². The van der Waals surface area contributed by atoms with Gasteiger partial charge in [-0.3, -0.25) is 0 Å². The maximum absolute atomic E-state index is 0. The minimum absolute atomic E-state index is 0. The largest absolute Gasteiger partial charge is 2.00 e. The van der Waals surface area contributed by atoms with Gasteiger partial charge in [-0.1, -0.05) is 0 Å². The van der Waals surface area contributed by atoms with E-state index in [2.05, 4.69) is 0 Å². The van der Waals surface area contributed by atoms with E-state index in [1.54, 1.807) is 0 Å². The van der Waals surface area contributed by atoms with Gasteiger partial charge in [-0.15, -0.1) is 0 Å². The second kappa shape index (κ2) is 24.5. The molecule has 0 bridgehead atoms. The molecule has 4 heteroatoms. The molecule has 0 aliphatic heterocycles. The number of rotatable bonds is 0. The zero-order valence-electron chi connectivity index (χ0n) is 1.78. The van der Waals surface area contributed by atoms with E-state index in [-0.39, 0.29) is 51.2 Å². The molecule has 32 valence electrons. The van der Waals surface area contributed by atoms with E-state index < -0.39 is 0 Å². The Balaban J connectivity index is 0. The maximum atomic E-state index is 0. The zero-order chi connectivity index (χ0) is 0. The molecule has 0 nitrogen and oxygen atoms in total. The van der Waals surface area contributed by atoms with Crippen LogP contribution >= 0.6 is 9.90 Å². The summed E-state index contributed by atoms with van der Waals surface area (Å²) in [6.45, 7) is 0. The standard InChI is InChI=1S/2ClH.Ni.H3P/h2*1H;;1H3/q;;+2;/p-2. The normalized spacial score (nSPS) is 0. The van der Waals surface area contributed by atoms with Crippen molar-refractivity contribution < 1.29 is 41.3 Å². The van der Waals surface area contributed by atoms with Crippen molar-refractivity contribution in [3.63, 3.8) is 0 Å². The zero-order valence-corrected chi connectivity index (χ0v) is 5.69. The van der Waals surface area contributed by atoms with Crippen LogP contribution in [-0.4, -0.2) is 0 Å². The van der Waals surface area contributed by atoms with E-state index in [4.69, 9.17) is 0 Å². The van der Waals surface area contributed by atoms with Crippen LogP contribution in [0.15, 0.2) is 0 Å². The Morgan fingerprint density at radius 3 is 0.750 bits per heavy atom. The van der Waals surface area contributed by atoms with Gasteiger partial charge in [0, 0.05) is 0 Å². The molecule has 0 aliphatic rings.